The molecule has 1 aromatic rings. The van der Waals surface area contributed by atoms with E-state index in [2.05, 4.69) is 5.32 Å². The van der Waals surface area contributed by atoms with Crippen LogP contribution >= 0.6 is 0 Å². The maximum absolute atomic E-state index is 13.5. The van der Waals surface area contributed by atoms with Crippen molar-refractivity contribution >= 4 is 5.91 Å². The van der Waals surface area contributed by atoms with E-state index in [4.69, 9.17) is 0 Å². The van der Waals surface area contributed by atoms with Crippen LogP contribution in [0.1, 0.15) is 29.3 Å². The van der Waals surface area contributed by atoms with Crippen LogP contribution in [-0.4, -0.2) is 34.9 Å². The molecule has 3 N–H and O–H groups in total. The van der Waals surface area contributed by atoms with Gasteiger partial charge in [0, 0.05) is 0 Å². The third-order valence-corrected chi connectivity index (χ3v) is 3.03. The van der Waals surface area contributed by atoms with Crippen LogP contribution in [0.3, 0.4) is 0 Å². The summed E-state index contributed by atoms with van der Waals surface area (Å²) in [5, 5.41) is 20.9. The molecule has 0 radical (unpaired) electrons. The highest BCUT2D eigenvalue weighted by Gasteiger charge is 2.29. The molecule has 18 heavy (non-hydrogen) atoms. The van der Waals surface area contributed by atoms with E-state index in [9.17, 15) is 19.4 Å². The van der Waals surface area contributed by atoms with Gasteiger partial charge < -0.3 is 15.5 Å². The third kappa shape index (κ3) is 3.05. The predicted molar refractivity (Wildman–Crippen MR) is 65.8 cm³/mol. The summed E-state index contributed by atoms with van der Waals surface area (Å²) in [5.74, 6) is -1.26. The van der Waals surface area contributed by atoms with E-state index in [1.165, 1.54) is 12.1 Å². The smallest absolute Gasteiger partial charge is 0.254 e. The Morgan fingerprint density at radius 3 is 2.50 bits per heavy atom. The van der Waals surface area contributed by atoms with Gasteiger partial charge in [0.25, 0.3) is 5.91 Å². The first kappa shape index (κ1) is 14.6. The molecule has 0 saturated carbocycles. The molecule has 0 saturated heterocycles. The first-order valence-corrected chi connectivity index (χ1v) is 5.78. The number of aryl methyl sites for hydroxylation is 1. The van der Waals surface area contributed by atoms with Crippen molar-refractivity contribution < 1.29 is 19.4 Å². The molecule has 0 aliphatic heterocycles. The zero-order chi connectivity index (χ0) is 13.8. The van der Waals surface area contributed by atoms with Crippen LogP contribution in [0.4, 0.5) is 4.39 Å². The molecule has 1 aromatic carbocycles. The monoisotopic (exact) mass is 255 g/mol. The molecule has 0 atom stereocenters. The van der Waals surface area contributed by atoms with E-state index < -0.39 is 30.5 Å². The summed E-state index contributed by atoms with van der Waals surface area (Å²) < 4.78 is 13.5. The quantitative estimate of drug-likeness (QED) is 0.735. The van der Waals surface area contributed by atoms with Gasteiger partial charge >= 0.3 is 0 Å². The SMILES string of the molecule is CCC(CO)(CO)NC(=O)c1cc(C)ccc1F. The van der Waals surface area contributed by atoms with Gasteiger partial charge in [-0.25, -0.2) is 4.39 Å². The summed E-state index contributed by atoms with van der Waals surface area (Å²) in [6.45, 7) is 2.67. The van der Waals surface area contributed by atoms with E-state index in [1.54, 1.807) is 19.9 Å². The minimum Gasteiger partial charge on any atom is -0.394 e. The Morgan fingerprint density at radius 2 is 2.00 bits per heavy atom. The fraction of sp³-hybridized carbons (Fsp3) is 0.462. The molecule has 1 amide bonds. The summed E-state index contributed by atoms with van der Waals surface area (Å²) in [6.07, 6.45) is 0.346. The topological polar surface area (TPSA) is 69.6 Å². The van der Waals surface area contributed by atoms with Crippen molar-refractivity contribution in [2.75, 3.05) is 13.2 Å². The van der Waals surface area contributed by atoms with Crippen molar-refractivity contribution in [1.82, 2.24) is 5.32 Å². The molecule has 0 bridgehead atoms. The lowest BCUT2D eigenvalue weighted by Crippen LogP contribution is -2.53. The molecular weight excluding hydrogens is 237 g/mol. The van der Waals surface area contributed by atoms with Crippen LogP contribution in [0.2, 0.25) is 0 Å². The second kappa shape index (κ2) is 5.93. The minimum absolute atomic E-state index is 0.0882. The molecule has 1 rings (SSSR count). The highest BCUT2D eigenvalue weighted by molar-refractivity contribution is 5.95. The molecular formula is C13H18FNO3. The van der Waals surface area contributed by atoms with Gasteiger partial charge in [-0.15, -0.1) is 0 Å². The van der Waals surface area contributed by atoms with Gasteiger partial charge in [-0.05, 0) is 25.5 Å². The Morgan fingerprint density at radius 1 is 1.39 bits per heavy atom. The van der Waals surface area contributed by atoms with Gasteiger partial charge in [0.05, 0.1) is 24.3 Å². The molecule has 0 spiro atoms. The van der Waals surface area contributed by atoms with E-state index in [-0.39, 0.29) is 5.56 Å². The maximum atomic E-state index is 13.5. The number of aliphatic hydroxyl groups excluding tert-OH is 2. The number of rotatable bonds is 5. The first-order valence-electron chi connectivity index (χ1n) is 5.78. The zero-order valence-electron chi connectivity index (χ0n) is 10.5. The molecule has 0 aromatic heterocycles. The molecule has 4 nitrogen and oxygen atoms in total. The molecule has 0 aliphatic rings. The molecule has 100 valence electrons. The number of halogens is 1. The Bertz CT molecular complexity index is 422. The van der Waals surface area contributed by atoms with Crippen LogP contribution in [0.15, 0.2) is 18.2 Å². The molecule has 0 heterocycles. The van der Waals surface area contributed by atoms with Gasteiger partial charge in [-0.1, -0.05) is 18.6 Å². The second-order valence-electron chi connectivity index (χ2n) is 4.39. The van der Waals surface area contributed by atoms with E-state index >= 15 is 0 Å². The normalized spacial score (nSPS) is 11.4. The highest BCUT2D eigenvalue weighted by atomic mass is 19.1. The lowest BCUT2D eigenvalue weighted by Gasteiger charge is -2.29. The van der Waals surface area contributed by atoms with Crippen molar-refractivity contribution in [2.45, 2.75) is 25.8 Å². The zero-order valence-corrected chi connectivity index (χ0v) is 10.5. The number of hydrogen-bond acceptors (Lipinski definition) is 3. The highest BCUT2D eigenvalue weighted by Crippen LogP contribution is 2.14. The maximum Gasteiger partial charge on any atom is 0.254 e. The predicted octanol–water partition coefficient (Wildman–Crippen LogP) is 0.997. The van der Waals surface area contributed by atoms with Crippen LogP contribution in [0, 0.1) is 12.7 Å². The minimum atomic E-state index is -1.12. The summed E-state index contributed by atoms with van der Waals surface area (Å²) in [4.78, 5) is 11.9. The van der Waals surface area contributed by atoms with Crippen LogP contribution in [0.25, 0.3) is 0 Å². The lowest BCUT2D eigenvalue weighted by molar-refractivity contribution is 0.0649. The van der Waals surface area contributed by atoms with Crippen molar-refractivity contribution in [2.24, 2.45) is 0 Å². The van der Waals surface area contributed by atoms with Gasteiger partial charge in [-0.3, -0.25) is 4.79 Å². The first-order chi connectivity index (χ1) is 8.48. The summed E-state index contributed by atoms with van der Waals surface area (Å²) in [6, 6.07) is 4.22. The fourth-order valence-corrected chi connectivity index (χ4v) is 1.56. The van der Waals surface area contributed by atoms with Crippen molar-refractivity contribution in [3.63, 3.8) is 0 Å². The Kier molecular flexibility index (Phi) is 4.81. The average Bonchev–Trinajstić information content (AvgIpc) is 2.38. The lowest BCUT2D eigenvalue weighted by atomic mass is 9.97. The molecule has 0 fully saturated rings. The third-order valence-electron chi connectivity index (χ3n) is 3.03. The largest absolute Gasteiger partial charge is 0.394 e. The van der Waals surface area contributed by atoms with Crippen LogP contribution in [0.5, 0.6) is 0 Å². The number of benzene rings is 1. The van der Waals surface area contributed by atoms with Gasteiger partial charge in [-0.2, -0.15) is 0 Å². The Balaban J connectivity index is 2.97. The second-order valence-corrected chi connectivity index (χ2v) is 4.39. The molecule has 5 heteroatoms. The van der Waals surface area contributed by atoms with Gasteiger partial charge in [0.2, 0.25) is 0 Å². The molecule has 0 aliphatic carbocycles. The van der Waals surface area contributed by atoms with Crippen molar-refractivity contribution in [1.29, 1.82) is 0 Å². The summed E-state index contributed by atoms with van der Waals surface area (Å²) in [7, 11) is 0. The number of nitrogens with one attached hydrogen (secondary N) is 1. The number of carbonyl (C=O) groups is 1. The summed E-state index contributed by atoms with van der Waals surface area (Å²) >= 11 is 0. The van der Waals surface area contributed by atoms with Crippen LogP contribution in [-0.2, 0) is 0 Å². The van der Waals surface area contributed by atoms with Crippen molar-refractivity contribution in [3.8, 4) is 0 Å². The Labute approximate surface area is 105 Å². The van der Waals surface area contributed by atoms with E-state index in [0.717, 1.165) is 5.56 Å². The average molecular weight is 255 g/mol. The number of amides is 1. The van der Waals surface area contributed by atoms with Crippen LogP contribution < -0.4 is 5.32 Å². The fourth-order valence-electron chi connectivity index (χ4n) is 1.56. The molecule has 0 unspecified atom stereocenters. The van der Waals surface area contributed by atoms with E-state index in [1.807, 2.05) is 0 Å². The number of aliphatic hydroxyl groups is 2. The standard InChI is InChI=1S/C13H18FNO3/c1-3-13(7-16,8-17)15-12(18)10-6-9(2)4-5-11(10)14/h4-6,16-17H,3,7-8H2,1-2H3,(H,15,18). The summed E-state index contributed by atoms with van der Waals surface area (Å²) in [5.41, 5.74) is -0.445. The number of carbonyl (C=O) groups excluding carboxylic acids is 1. The number of hydrogen-bond donors (Lipinski definition) is 3. The Hall–Kier alpha value is -1.46. The van der Waals surface area contributed by atoms with E-state index in [0.29, 0.717) is 6.42 Å². The van der Waals surface area contributed by atoms with Gasteiger partial charge in [0.15, 0.2) is 0 Å². The van der Waals surface area contributed by atoms with Gasteiger partial charge in [0.1, 0.15) is 5.82 Å². The van der Waals surface area contributed by atoms with Crippen molar-refractivity contribution in [3.05, 3.63) is 35.1 Å².